The van der Waals surface area contributed by atoms with Gasteiger partial charge in [-0.25, -0.2) is 13.9 Å². The van der Waals surface area contributed by atoms with Crippen LogP contribution in [0, 0.1) is 17.1 Å². The molecule has 1 heterocycles. The lowest BCUT2D eigenvalue weighted by atomic mass is 9.92. The van der Waals surface area contributed by atoms with Crippen molar-refractivity contribution in [2.75, 3.05) is 24.7 Å². The number of nitriles is 1. The highest BCUT2D eigenvalue weighted by atomic mass is 19.1. The molecule has 0 saturated heterocycles. The van der Waals surface area contributed by atoms with Crippen molar-refractivity contribution in [1.29, 1.82) is 5.26 Å². The maximum Gasteiger partial charge on any atom is 0.324 e. The fourth-order valence-corrected chi connectivity index (χ4v) is 3.05. The first-order chi connectivity index (χ1) is 15.6. The third kappa shape index (κ3) is 5.98. The van der Waals surface area contributed by atoms with Gasteiger partial charge in [0, 0.05) is 37.5 Å². The third-order valence-corrected chi connectivity index (χ3v) is 4.75. The highest BCUT2D eigenvalue weighted by molar-refractivity contribution is 5.99. The largest absolute Gasteiger partial charge is 0.382 e. The van der Waals surface area contributed by atoms with E-state index in [4.69, 9.17) is 0 Å². The molecule has 8 heteroatoms. The maximum atomic E-state index is 13.4. The molecule has 0 aliphatic heterocycles. The van der Waals surface area contributed by atoms with E-state index in [1.165, 1.54) is 12.1 Å². The lowest BCUT2D eigenvalue weighted by Gasteiger charge is -2.14. The summed E-state index contributed by atoms with van der Waals surface area (Å²) in [6.45, 7) is 6.07. The van der Waals surface area contributed by atoms with E-state index in [2.05, 4.69) is 21.8 Å². The minimum atomic E-state index is -0.448. The number of nitrogens with zero attached hydrogens (tertiary/aromatic N) is 4. The van der Waals surface area contributed by atoms with E-state index >= 15 is 0 Å². The molecular formula is C25H27FN6O. The molecule has 1 aromatic heterocycles. The molecule has 0 aliphatic rings. The molecule has 33 heavy (non-hydrogen) atoms. The van der Waals surface area contributed by atoms with Crippen molar-refractivity contribution in [2.24, 2.45) is 0 Å². The summed E-state index contributed by atoms with van der Waals surface area (Å²) < 4.78 is 15.0. The van der Waals surface area contributed by atoms with Crippen LogP contribution in [0.25, 0.3) is 11.3 Å². The number of benzene rings is 2. The Kier molecular flexibility index (Phi) is 6.83. The van der Waals surface area contributed by atoms with Crippen LogP contribution in [0.2, 0.25) is 0 Å². The number of nitrogens with one attached hydrogen (secondary N) is 2. The number of hydrogen-bond donors (Lipinski definition) is 2. The summed E-state index contributed by atoms with van der Waals surface area (Å²) in [7, 11) is 3.69. The molecule has 0 radical (unpaired) electrons. The van der Waals surface area contributed by atoms with Gasteiger partial charge in [-0.1, -0.05) is 32.9 Å². The summed E-state index contributed by atoms with van der Waals surface area (Å²) in [5.74, 6) is 0.110. The van der Waals surface area contributed by atoms with Crippen molar-refractivity contribution in [3.05, 3.63) is 77.9 Å². The predicted octanol–water partition coefficient (Wildman–Crippen LogP) is 5.38. The molecule has 3 aromatic rings. The standard InChI is InChI=1S/C25H27FN6O/c1-25(2,3)22-14-23(32(30-22)21-12-8-19(26)9-13-21)29-24(33)28-20-10-6-17(7-11-20)18(15-27)16-31(4)5/h6-14,16H,1-5H3,(H2,28,29,33). The first kappa shape index (κ1) is 23.5. The Morgan fingerprint density at radius 1 is 1.09 bits per heavy atom. The summed E-state index contributed by atoms with van der Waals surface area (Å²) in [5, 5.41) is 19.6. The molecule has 0 saturated carbocycles. The first-order valence-corrected chi connectivity index (χ1v) is 10.4. The topological polar surface area (TPSA) is 86.0 Å². The highest BCUT2D eigenvalue weighted by Crippen LogP contribution is 2.26. The maximum absolute atomic E-state index is 13.4. The molecule has 3 rings (SSSR count). The number of carbonyl (C=O) groups excluding carboxylic acids is 1. The Balaban J connectivity index is 1.81. The molecule has 0 bridgehead atoms. The van der Waals surface area contributed by atoms with Gasteiger partial charge in [-0.15, -0.1) is 0 Å². The second-order valence-electron chi connectivity index (χ2n) is 8.83. The number of aromatic nitrogens is 2. The summed E-state index contributed by atoms with van der Waals surface area (Å²) in [5.41, 5.74) is 3.01. The van der Waals surface area contributed by atoms with Crippen molar-refractivity contribution in [2.45, 2.75) is 26.2 Å². The van der Waals surface area contributed by atoms with Crippen LogP contribution in [0.1, 0.15) is 32.0 Å². The smallest absolute Gasteiger partial charge is 0.324 e. The van der Waals surface area contributed by atoms with Crippen molar-refractivity contribution < 1.29 is 9.18 Å². The number of amides is 2. The van der Waals surface area contributed by atoms with E-state index in [1.54, 1.807) is 58.2 Å². The minimum absolute atomic E-state index is 0.244. The quantitative estimate of drug-likeness (QED) is 0.515. The van der Waals surface area contributed by atoms with Gasteiger partial charge in [-0.05, 0) is 42.0 Å². The molecule has 2 aromatic carbocycles. The Labute approximate surface area is 193 Å². The molecule has 0 spiro atoms. The van der Waals surface area contributed by atoms with Gasteiger partial charge >= 0.3 is 6.03 Å². The van der Waals surface area contributed by atoms with Crippen LogP contribution in [-0.2, 0) is 5.41 Å². The number of halogens is 1. The van der Waals surface area contributed by atoms with Gasteiger partial charge in [0.1, 0.15) is 17.7 Å². The van der Waals surface area contributed by atoms with E-state index < -0.39 is 6.03 Å². The van der Waals surface area contributed by atoms with Gasteiger partial charge in [0.25, 0.3) is 0 Å². The van der Waals surface area contributed by atoms with Crippen LogP contribution in [-0.4, -0.2) is 34.8 Å². The van der Waals surface area contributed by atoms with E-state index in [9.17, 15) is 14.4 Å². The van der Waals surface area contributed by atoms with E-state index in [0.717, 1.165) is 11.3 Å². The minimum Gasteiger partial charge on any atom is -0.382 e. The Hall–Kier alpha value is -4.12. The van der Waals surface area contributed by atoms with E-state index in [-0.39, 0.29) is 11.2 Å². The monoisotopic (exact) mass is 446 g/mol. The van der Waals surface area contributed by atoms with Crippen LogP contribution in [0.15, 0.2) is 60.8 Å². The van der Waals surface area contributed by atoms with Gasteiger partial charge in [0.05, 0.1) is 17.0 Å². The van der Waals surface area contributed by atoms with Gasteiger partial charge in [-0.2, -0.15) is 10.4 Å². The lowest BCUT2D eigenvalue weighted by Crippen LogP contribution is -2.21. The van der Waals surface area contributed by atoms with Crippen molar-refractivity contribution in [3.8, 4) is 11.8 Å². The Morgan fingerprint density at radius 3 is 2.27 bits per heavy atom. The number of urea groups is 1. The average molecular weight is 447 g/mol. The number of rotatable bonds is 5. The molecule has 2 N–H and O–H groups in total. The van der Waals surface area contributed by atoms with Gasteiger partial charge in [-0.3, -0.25) is 5.32 Å². The Bertz CT molecular complexity index is 1200. The summed E-state index contributed by atoms with van der Waals surface area (Å²) in [6.07, 6.45) is 1.73. The zero-order valence-corrected chi connectivity index (χ0v) is 19.3. The number of carbonyl (C=O) groups is 1. The van der Waals surface area contributed by atoms with Crippen molar-refractivity contribution >= 4 is 23.1 Å². The first-order valence-electron chi connectivity index (χ1n) is 10.4. The zero-order valence-electron chi connectivity index (χ0n) is 19.3. The molecule has 2 amide bonds. The molecule has 0 aliphatic carbocycles. The Morgan fingerprint density at radius 2 is 1.73 bits per heavy atom. The normalized spacial score (nSPS) is 11.6. The number of anilines is 2. The molecule has 170 valence electrons. The average Bonchev–Trinajstić information content (AvgIpc) is 3.17. The van der Waals surface area contributed by atoms with Crippen molar-refractivity contribution in [3.63, 3.8) is 0 Å². The fraction of sp³-hybridized carbons (Fsp3) is 0.240. The van der Waals surface area contributed by atoms with Gasteiger partial charge < -0.3 is 10.2 Å². The number of hydrogen-bond acceptors (Lipinski definition) is 4. The molecule has 0 fully saturated rings. The van der Waals surface area contributed by atoms with Crippen LogP contribution in [0.5, 0.6) is 0 Å². The van der Waals surface area contributed by atoms with Crippen LogP contribution in [0.3, 0.4) is 0 Å². The molecular weight excluding hydrogens is 419 g/mol. The predicted molar refractivity (Wildman–Crippen MR) is 129 cm³/mol. The second kappa shape index (κ2) is 9.57. The summed E-state index contributed by atoms with van der Waals surface area (Å²) in [6, 6.07) is 16.4. The zero-order chi connectivity index (χ0) is 24.2. The van der Waals surface area contributed by atoms with Gasteiger partial charge in [0.2, 0.25) is 0 Å². The second-order valence-corrected chi connectivity index (χ2v) is 8.83. The van der Waals surface area contributed by atoms with E-state index in [1.807, 2.05) is 34.9 Å². The highest BCUT2D eigenvalue weighted by Gasteiger charge is 2.21. The summed E-state index contributed by atoms with van der Waals surface area (Å²) in [4.78, 5) is 14.5. The van der Waals surface area contributed by atoms with Crippen LogP contribution < -0.4 is 10.6 Å². The van der Waals surface area contributed by atoms with E-state index in [0.29, 0.717) is 22.8 Å². The number of allylic oxidation sites excluding steroid dienone is 1. The molecule has 0 atom stereocenters. The van der Waals surface area contributed by atoms with Crippen molar-refractivity contribution in [1.82, 2.24) is 14.7 Å². The molecule has 0 unspecified atom stereocenters. The fourth-order valence-electron chi connectivity index (χ4n) is 3.05. The summed E-state index contributed by atoms with van der Waals surface area (Å²) >= 11 is 0. The SMILES string of the molecule is CN(C)C=C(C#N)c1ccc(NC(=O)Nc2cc(C(C)(C)C)nn2-c2ccc(F)cc2)cc1. The van der Waals surface area contributed by atoms with Crippen LogP contribution in [0.4, 0.5) is 20.7 Å². The van der Waals surface area contributed by atoms with Gasteiger partial charge in [0.15, 0.2) is 0 Å². The molecule has 7 nitrogen and oxygen atoms in total. The van der Waals surface area contributed by atoms with Crippen LogP contribution >= 0.6 is 0 Å². The lowest BCUT2D eigenvalue weighted by molar-refractivity contribution is 0.262. The third-order valence-electron chi connectivity index (χ3n) is 4.75.